The molecule has 1 aliphatic heterocycles. The van der Waals surface area contributed by atoms with E-state index in [0.29, 0.717) is 35.3 Å². The number of fused-ring (bicyclic) bond motifs is 2. The number of nitrogens with one attached hydrogen (secondary N) is 1. The van der Waals surface area contributed by atoms with Crippen LogP contribution in [-0.2, 0) is 19.1 Å². The average Bonchev–Trinajstić information content (AvgIpc) is 2.90. The van der Waals surface area contributed by atoms with Crippen molar-refractivity contribution in [3.05, 3.63) is 100 Å². The SMILES string of the molecule is CCN1C(=O)c2ccccc2Cc2ccc(C(=O)NCc3cccc(C(F)(F)F)c3)cc21. The lowest BCUT2D eigenvalue weighted by Crippen LogP contribution is -2.31. The average molecular weight is 438 g/mol. The highest BCUT2D eigenvalue weighted by atomic mass is 19.4. The van der Waals surface area contributed by atoms with E-state index in [2.05, 4.69) is 5.32 Å². The molecule has 1 aliphatic rings. The third-order valence-corrected chi connectivity index (χ3v) is 5.54. The Kier molecular flexibility index (Phi) is 5.74. The summed E-state index contributed by atoms with van der Waals surface area (Å²) in [7, 11) is 0. The van der Waals surface area contributed by atoms with Crippen molar-refractivity contribution >= 4 is 17.5 Å². The smallest absolute Gasteiger partial charge is 0.348 e. The quantitative estimate of drug-likeness (QED) is 0.608. The number of hydrogen-bond acceptors (Lipinski definition) is 2. The van der Waals surface area contributed by atoms with Gasteiger partial charge in [0, 0.05) is 36.3 Å². The van der Waals surface area contributed by atoms with Crippen molar-refractivity contribution in [2.75, 3.05) is 11.4 Å². The van der Waals surface area contributed by atoms with Crippen molar-refractivity contribution in [1.29, 1.82) is 0 Å². The molecular formula is C25H21F3N2O2. The Balaban J connectivity index is 1.57. The molecule has 0 unspecified atom stereocenters. The number of amides is 2. The molecular weight excluding hydrogens is 417 g/mol. The highest BCUT2D eigenvalue weighted by Crippen LogP contribution is 2.32. The number of anilines is 1. The molecule has 32 heavy (non-hydrogen) atoms. The van der Waals surface area contributed by atoms with Gasteiger partial charge in [0.15, 0.2) is 0 Å². The van der Waals surface area contributed by atoms with Gasteiger partial charge in [0.25, 0.3) is 11.8 Å². The number of benzene rings is 3. The van der Waals surface area contributed by atoms with Crippen molar-refractivity contribution in [3.8, 4) is 0 Å². The molecule has 0 bridgehead atoms. The third kappa shape index (κ3) is 4.23. The van der Waals surface area contributed by atoms with Crippen LogP contribution in [0.5, 0.6) is 0 Å². The first-order valence-electron chi connectivity index (χ1n) is 10.2. The van der Waals surface area contributed by atoms with Crippen molar-refractivity contribution in [3.63, 3.8) is 0 Å². The Labute approximate surface area is 183 Å². The monoisotopic (exact) mass is 438 g/mol. The van der Waals surface area contributed by atoms with Gasteiger partial charge in [0.2, 0.25) is 0 Å². The second-order valence-electron chi connectivity index (χ2n) is 7.61. The van der Waals surface area contributed by atoms with E-state index in [9.17, 15) is 22.8 Å². The van der Waals surface area contributed by atoms with Crippen molar-refractivity contribution in [2.24, 2.45) is 0 Å². The van der Waals surface area contributed by atoms with Crippen LogP contribution in [0.2, 0.25) is 0 Å². The molecule has 7 heteroatoms. The van der Waals surface area contributed by atoms with E-state index in [1.165, 1.54) is 12.1 Å². The van der Waals surface area contributed by atoms with E-state index in [1.54, 1.807) is 23.1 Å². The first kappa shape index (κ1) is 21.6. The Morgan fingerprint density at radius 1 is 1.00 bits per heavy atom. The summed E-state index contributed by atoms with van der Waals surface area (Å²) in [6.07, 6.45) is -3.87. The molecule has 0 spiro atoms. The molecule has 4 rings (SSSR count). The lowest BCUT2D eigenvalue weighted by Gasteiger charge is -2.22. The summed E-state index contributed by atoms with van der Waals surface area (Å²) in [6, 6.07) is 17.5. The van der Waals surface area contributed by atoms with Gasteiger partial charge in [-0.3, -0.25) is 9.59 Å². The Bertz CT molecular complexity index is 1190. The van der Waals surface area contributed by atoms with Crippen molar-refractivity contribution < 1.29 is 22.8 Å². The molecule has 4 nitrogen and oxygen atoms in total. The van der Waals surface area contributed by atoms with E-state index in [-0.39, 0.29) is 12.5 Å². The molecule has 2 amide bonds. The number of rotatable bonds is 4. The van der Waals surface area contributed by atoms with Gasteiger partial charge in [-0.1, -0.05) is 36.4 Å². The van der Waals surface area contributed by atoms with Gasteiger partial charge in [-0.05, 0) is 53.9 Å². The molecule has 1 heterocycles. The van der Waals surface area contributed by atoms with Gasteiger partial charge in [-0.2, -0.15) is 13.2 Å². The topological polar surface area (TPSA) is 49.4 Å². The van der Waals surface area contributed by atoms with Crippen LogP contribution >= 0.6 is 0 Å². The largest absolute Gasteiger partial charge is 0.416 e. The van der Waals surface area contributed by atoms with Crippen LogP contribution < -0.4 is 10.2 Å². The maximum atomic E-state index is 13.1. The van der Waals surface area contributed by atoms with Gasteiger partial charge in [-0.15, -0.1) is 0 Å². The first-order chi connectivity index (χ1) is 15.3. The second kappa shape index (κ2) is 8.49. The summed E-state index contributed by atoms with van der Waals surface area (Å²) < 4.78 is 38.7. The fourth-order valence-corrected chi connectivity index (χ4v) is 3.90. The Hall–Kier alpha value is -3.61. The summed E-state index contributed by atoms with van der Waals surface area (Å²) in [5.41, 5.74) is 3.10. The predicted octanol–water partition coefficient (Wildman–Crippen LogP) is 5.21. The van der Waals surface area contributed by atoms with Crippen LogP contribution in [0.25, 0.3) is 0 Å². The van der Waals surface area contributed by atoms with Crippen LogP contribution in [0.4, 0.5) is 18.9 Å². The molecule has 0 radical (unpaired) electrons. The van der Waals surface area contributed by atoms with E-state index < -0.39 is 17.6 Å². The summed E-state index contributed by atoms with van der Waals surface area (Å²) in [4.78, 5) is 27.4. The minimum atomic E-state index is -4.44. The molecule has 0 saturated heterocycles. The predicted molar refractivity (Wildman–Crippen MR) is 116 cm³/mol. The van der Waals surface area contributed by atoms with Crippen LogP contribution in [0.3, 0.4) is 0 Å². The summed E-state index contributed by atoms with van der Waals surface area (Å²) in [5.74, 6) is -0.543. The van der Waals surface area contributed by atoms with Crippen LogP contribution in [0, 0.1) is 0 Å². The zero-order chi connectivity index (χ0) is 22.9. The minimum Gasteiger partial charge on any atom is -0.348 e. The molecule has 0 atom stereocenters. The van der Waals surface area contributed by atoms with Gasteiger partial charge >= 0.3 is 6.18 Å². The molecule has 3 aromatic rings. The van der Waals surface area contributed by atoms with Gasteiger partial charge in [0.1, 0.15) is 0 Å². The zero-order valence-electron chi connectivity index (χ0n) is 17.4. The fraction of sp³-hybridized carbons (Fsp3) is 0.200. The number of alkyl halides is 3. The van der Waals surface area contributed by atoms with Gasteiger partial charge in [0.05, 0.1) is 5.56 Å². The molecule has 1 N–H and O–H groups in total. The highest BCUT2D eigenvalue weighted by molar-refractivity contribution is 6.09. The van der Waals surface area contributed by atoms with E-state index in [4.69, 9.17) is 0 Å². The van der Waals surface area contributed by atoms with Crippen LogP contribution in [0.1, 0.15) is 49.9 Å². The molecule has 0 aliphatic carbocycles. The minimum absolute atomic E-state index is 0.0400. The Morgan fingerprint density at radius 2 is 1.78 bits per heavy atom. The van der Waals surface area contributed by atoms with Gasteiger partial charge in [-0.25, -0.2) is 0 Å². The molecule has 3 aromatic carbocycles. The van der Waals surface area contributed by atoms with Crippen molar-refractivity contribution in [2.45, 2.75) is 26.1 Å². The summed E-state index contributed by atoms with van der Waals surface area (Å²) in [6.45, 7) is 2.27. The third-order valence-electron chi connectivity index (χ3n) is 5.54. The number of carbonyl (C=O) groups excluding carboxylic acids is 2. The zero-order valence-corrected chi connectivity index (χ0v) is 17.4. The van der Waals surface area contributed by atoms with E-state index in [1.807, 2.05) is 31.2 Å². The van der Waals surface area contributed by atoms with E-state index >= 15 is 0 Å². The lowest BCUT2D eigenvalue weighted by atomic mass is 9.99. The summed E-state index contributed by atoms with van der Waals surface area (Å²) in [5, 5.41) is 2.67. The number of hydrogen-bond donors (Lipinski definition) is 1. The molecule has 0 fully saturated rings. The van der Waals surface area contributed by atoms with Gasteiger partial charge < -0.3 is 10.2 Å². The molecule has 0 saturated carbocycles. The second-order valence-corrected chi connectivity index (χ2v) is 7.61. The number of carbonyl (C=O) groups is 2. The van der Waals surface area contributed by atoms with E-state index in [0.717, 1.165) is 23.3 Å². The summed E-state index contributed by atoms with van der Waals surface area (Å²) >= 11 is 0. The lowest BCUT2D eigenvalue weighted by molar-refractivity contribution is -0.137. The van der Waals surface area contributed by atoms with Crippen LogP contribution in [0.15, 0.2) is 66.7 Å². The number of nitrogens with zero attached hydrogens (tertiary/aromatic N) is 1. The molecule has 164 valence electrons. The maximum Gasteiger partial charge on any atom is 0.416 e. The standard InChI is InChI=1S/C25H21F3N2O2/c1-2-30-22-14-19(11-10-18(22)13-17-7-3-4-9-21(17)24(30)32)23(31)29-15-16-6-5-8-20(12-16)25(26,27)28/h3-12,14H,2,13,15H2,1H3,(H,29,31). The fourth-order valence-electron chi connectivity index (χ4n) is 3.90. The Morgan fingerprint density at radius 3 is 2.53 bits per heavy atom. The first-order valence-corrected chi connectivity index (χ1v) is 10.2. The highest BCUT2D eigenvalue weighted by Gasteiger charge is 2.30. The normalized spacial score (nSPS) is 13.2. The van der Waals surface area contributed by atoms with Crippen LogP contribution in [-0.4, -0.2) is 18.4 Å². The van der Waals surface area contributed by atoms with Crippen molar-refractivity contribution in [1.82, 2.24) is 5.32 Å². The number of halogens is 3. The maximum absolute atomic E-state index is 13.1. The molecule has 0 aromatic heterocycles.